The summed E-state index contributed by atoms with van der Waals surface area (Å²) >= 11 is 6.58. The summed E-state index contributed by atoms with van der Waals surface area (Å²) in [5, 5.41) is 0.655. The highest BCUT2D eigenvalue weighted by Gasteiger charge is 2.14. The van der Waals surface area contributed by atoms with Crippen molar-refractivity contribution in [1.82, 2.24) is 19.9 Å². The highest BCUT2D eigenvalue weighted by molar-refractivity contribution is 6.51. The number of fused-ring (bicyclic) bond motifs is 8. The number of hydrogen-bond acceptors (Lipinski definition) is 2. The Morgan fingerprint density at radius 3 is 2.06 bits per heavy atom. The number of aromatic nitrogens is 4. The summed E-state index contributed by atoms with van der Waals surface area (Å²) < 4.78 is 0. The summed E-state index contributed by atoms with van der Waals surface area (Å²) in [5.41, 5.74) is 10.3. The second-order valence-corrected chi connectivity index (χ2v) is 8.44. The number of halogens is 1. The van der Waals surface area contributed by atoms with Gasteiger partial charge in [0.1, 0.15) is 0 Å². The average molecular weight is 429 g/mol. The van der Waals surface area contributed by atoms with Crippen LogP contribution in [-0.4, -0.2) is 19.9 Å². The third kappa shape index (κ3) is 3.84. The van der Waals surface area contributed by atoms with Gasteiger partial charge in [0.05, 0.1) is 27.8 Å². The normalized spacial score (nSPS) is 12.9. The molecule has 156 valence electrons. The number of nitrogens with zero attached hydrogens (tertiary/aromatic N) is 2. The minimum Gasteiger partial charge on any atom is -0.355 e. The predicted octanol–water partition coefficient (Wildman–Crippen LogP) is 7.13. The molecule has 0 saturated carbocycles. The third-order valence-corrected chi connectivity index (χ3v) is 5.99. The minimum absolute atomic E-state index is 0.655. The fourth-order valence-electron chi connectivity index (χ4n) is 4.25. The van der Waals surface area contributed by atoms with E-state index in [-0.39, 0.29) is 0 Å². The van der Waals surface area contributed by atoms with E-state index in [2.05, 4.69) is 60.2 Å². The van der Waals surface area contributed by atoms with Crippen LogP contribution in [0.2, 0.25) is 0 Å². The zero-order valence-electron chi connectivity index (χ0n) is 17.8. The van der Waals surface area contributed by atoms with E-state index in [9.17, 15) is 0 Å². The summed E-state index contributed by atoms with van der Waals surface area (Å²) in [7, 11) is 0. The molecular weight excluding hydrogens is 404 g/mol. The smallest absolute Gasteiger partial charge is 0.0845 e. The van der Waals surface area contributed by atoms with Gasteiger partial charge in [-0.05, 0) is 67.5 Å². The molecular formula is C26H25ClN4. The molecule has 2 aliphatic heterocycles. The molecule has 0 saturated heterocycles. The molecule has 0 aromatic carbocycles. The predicted molar refractivity (Wildman–Crippen MR) is 132 cm³/mol. The molecule has 5 heterocycles. The number of aromatic amines is 2. The van der Waals surface area contributed by atoms with E-state index in [1.165, 1.54) is 11.1 Å². The standard InChI is InChI=1S/C26H25ClN4/c1-3-5-19-22-10-7-16(28-22)13-17-8-11-24(29-17)20(6-4-2)25-15-21(27)26(31-25)14-18-9-12-23(19)30-18/h7-15,28-29H,3-6H2,1-2H3. The fraction of sp³-hybridized carbons (Fsp3) is 0.231. The summed E-state index contributed by atoms with van der Waals surface area (Å²) in [6.07, 6.45) is 10.1. The number of aryl methyl sites for hydroxylation is 2. The highest BCUT2D eigenvalue weighted by Crippen LogP contribution is 2.29. The summed E-state index contributed by atoms with van der Waals surface area (Å²) in [6, 6.07) is 12.6. The first-order valence-corrected chi connectivity index (χ1v) is 11.3. The first-order chi connectivity index (χ1) is 15.1. The van der Waals surface area contributed by atoms with Crippen LogP contribution in [0, 0.1) is 0 Å². The topological polar surface area (TPSA) is 57.4 Å². The number of rotatable bonds is 4. The van der Waals surface area contributed by atoms with E-state index in [4.69, 9.17) is 21.6 Å². The first-order valence-electron chi connectivity index (χ1n) is 10.9. The molecule has 5 rings (SSSR count). The maximum atomic E-state index is 6.58. The van der Waals surface area contributed by atoms with E-state index in [1.54, 1.807) is 0 Å². The molecule has 2 aliphatic rings. The van der Waals surface area contributed by atoms with Crippen molar-refractivity contribution in [2.24, 2.45) is 0 Å². The molecule has 2 N–H and O–H groups in total. The molecule has 8 bridgehead atoms. The third-order valence-electron chi connectivity index (χ3n) is 5.69. The van der Waals surface area contributed by atoms with E-state index in [0.717, 1.165) is 70.5 Å². The lowest BCUT2D eigenvalue weighted by molar-refractivity contribution is 0.918. The Balaban J connectivity index is 1.88. The van der Waals surface area contributed by atoms with Crippen molar-refractivity contribution in [1.29, 1.82) is 0 Å². The van der Waals surface area contributed by atoms with Crippen molar-refractivity contribution in [3.8, 4) is 0 Å². The Hall–Kier alpha value is -3.11. The maximum Gasteiger partial charge on any atom is 0.0845 e. The van der Waals surface area contributed by atoms with Crippen molar-refractivity contribution in [2.45, 2.75) is 39.5 Å². The van der Waals surface area contributed by atoms with E-state index >= 15 is 0 Å². The van der Waals surface area contributed by atoms with Gasteiger partial charge in [0.25, 0.3) is 0 Å². The van der Waals surface area contributed by atoms with Gasteiger partial charge >= 0.3 is 0 Å². The van der Waals surface area contributed by atoms with Crippen LogP contribution in [0.4, 0.5) is 0 Å². The monoisotopic (exact) mass is 428 g/mol. The Bertz CT molecular complexity index is 1370. The molecule has 0 atom stereocenters. The van der Waals surface area contributed by atoms with E-state index < -0.39 is 0 Å². The molecule has 4 nitrogen and oxygen atoms in total. The zero-order valence-corrected chi connectivity index (χ0v) is 18.6. The molecule has 0 unspecified atom stereocenters. The number of nitrogens with one attached hydrogen (secondary N) is 2. The zero-order chi connectivity index (χ0) is 21.4. The SMILES string of the molecule is CCCc1c2nc(cc3nc(c(CCC)c4ccc(cc5ccc1[nH]5)[nH]4)C=C3Cl)C=C2. The summed E-state index contributed by atoms with van der Waals surface area (Å²) in [5.74, 6) is 0. The molecule has 0 spiro atoms. The molecule has 0 fully saturated rings. The lowest BCUT2D eigenvalue weighted by Crippen LogP contribution is -1.90. The maximum absolute atomic E-state index is 6.58. The molecule has 3 aromatic rings. The van der Waals surface area contributed by atoms with Crippen molar-refractivity contribution in [3.05, 3.63) is 70.3 Å². The molecule has 3 aromatic heterocycles. The lowest BCUT2D eigenvalue weighted by Gasteiger charge is -2.00. The number of H-pyrrole nitrogens is 2. The second kappa shape index (κ2) is 8.20. The van der Waals surface area contributed by atoms with Crippen LogP contribution in [0.15, 0.2) is 36.4 Å². The number of hydrogen-bond donors (Lipinski definition) is 2. The molecule has 0 radical (unpaired) electrons. The summed E-state index contributed by atoms with van der Waals surface area (Å²) in [6.45, 7) is 4.37. The lowest BCUT2D eigenvalue weighted by atomic mass is 10.1. The van der Waals surface area contributed by atoms with Crippen LogP contribution in [-0.2, 0) is 12.8 Å². The van der Waals surface area contributed by atoms with Gasteiger partial charge in [-0.2, -0.15) is 0 Å². The van der Waals surface area contributed by atoms with Crippen molar-refractivity contribution >= 4 is 56.9 Å². The van der Waals surface area contributed by atoms with Gasteiger partial charge in [-0.1, -0.05) is 38.3 Å². The van der Waals surface area contributed by atoms with Crippen LogP contribution in [0.25, 0.3) is 45.3 Å². The van der Waals surface area contributed by atoms with Crippen LogP contribution < -0.4 is 0 Å². The van der Waals surface area contributed by atoms with Crippen LogP contribution >= 0.6 is 11.6 Å². The van der Waals surface area contributed by atoms with Gasteiger partial charge in [-0.15, -0.1) is 0 Å². The van der Waals surface area contributed by atoms with Crippen molar-refractivity contribution < 1.29 is 0 Å². The van der Waals surface area contributed by atoms with Crippen LogP contribution in [0.3, 0.4) is 0 Å². The van der Waals surface area contributed by atoms with Crippen molar-refractivity contribution in [3.63, 3.8) is 0 Å². The minimum atomic E-state index is 0.655. The van der Waals surface area contributed by atoms with Gasteiger partial charge in [-0.25, -0.2) is 9.97 Å². The van der Waals surface area contributed by atoms with Gasteiger partial charge in [-0.3, -0.25) is 0 Å². The van der Waals surface area contributed by atoms with Gasteiger partial charge < -0.3 is 9.97 Å². The highest BCUT2D eigenvalue weighted by atomic mass is 35.5. The van der Waals surface area contributed by atoms with E-state index in [1.807, 2.05) is 18.2 Å². The second-order valence-electron chi connectivity index (χ2n) is 8.03. The van der Waals surface area contributed by atoms with Crippen LogP contribution in [0.1, 0.15) is 60.6 Å². The average Bonchev–Trinajstić information content (AvgIpc) is 3.54. The van der Waals surface area contributed by atoms with E-state index in [0.29, 0.717) is 5.03 Å². The van der Waals surface area contributed by atoms with Crippen LogP contribution in [0.5, 0.6) is 0 Å². The Morgan fingerprint density at radius 2 is 1.42 bits per heavy atom. The Labute approximate surface area is 186 Å². The molecule has 0 amide bonds. The largest absolute Gasteiger partial charge is 0.355 e. The Kier molecular flexibility index (Phi) is 5.24. The quantitative estimate of drug-likeness (QED) is 0.363. The first kappa shape index (κ1) is 19.8. The van der Waals surface area contributed by atoms with Gasteiger partial charge in [0.15, 0.2) is 0 Å². The van der Waals surface area contributed by atoms with Gasteiger partial charge in [0.2, 0.25) is 0 Å². The molecule has 5 heteroatoms. The Morgan fingerprint density at radius 1 is 0.774 bits per heavy atom. The molecule has 0 aliphatic carbocycles. The van der Waals surface area contributed by atoms with Crippen molar-refractivity contribution in [2.75, 3.05) is 0 Å². The van der Waals surface area contributed by atoms with Gasteiger partial charge in [0, 0.05) is 33.2 Å². The summed E-state index contributed by atoms with van der Waals surface area (Å²) in [4.78, 5) is 16.9. The molecule has 31 heavy (non-hydrogen) atoms. The fourth-order valence-corrected chi connectivity index (χ4v) is 4.45.